The van der Waals surface area contributed by atoms with E-state index in [0.29, 0.717) is 0 Å². The van der Waals surface area contributed by atoms with Crippen molar-refractivity contribution >= 4 is 0 Å². The van der Waals surface area contributed by atoms with E-state index >= 15 is 0 Å². The molecule has 3 heteroatoms. The molecule has 0 N–H and O–H groups in total. The van der Waals surface area contributed by atoms with Crippen LogP contribution in [0.25, 0.3) is 0 Å². The van der Waals surface area contributed by atoms with Crippen molar-refractivity contribution in [2.75, 3.05) is 33.0 Å². The molecule has 0 unspecified atom stereocenters. The Morgan fingerprint density at radius 1 is 0.536 bits per heavy atom. The standard InChI is InChI=1S/C5H8O.C4H8O.C4H6O.3C4H10/c1-2-4-6-5-3-1;2*1-2-4-5-3-1;3*1-4(2)3/h1-2H,3-5H2;1-4H2;1,3H,2,4H2;3*4H,1-3H3. The van der Waals surface area contributed by atoms with Crippen LogP contribution in [-0.4, -0.2) is 33.0 Å². The number of rotatable bonds is 0. The van der Waals surface area contributed by atoms with Gasteiger partial charge in [-0.25, -0.2) is 0 Å². The van der Waals surface area contributed by atoms with E-state index in [1.165, 1.54) is 12.8 Å². The fraction of sp³-hybridized carbons (Fsp3) is 0.840. The fourth-order valence-electron chi connectivity index (χ4n) is 1.34. The minimum absolute atomic E-state index is 0.819. The first-order chi connectivity index (χ1) is 13.2. The zero-order valence-electron chi connectivity index (χ0n) is 20.6. The Morgan fingerprint density at radius 2 is 1.00 bits per heavy atom. The van der Waals surface area contributed by atoms with E-state index in [2.05, 4.69) is 68.4 Å². The van der Waals surface area contributed by atoms with Crippen LogP contribution in [0, 0.1) is 17.8 Å². The van der Waals surface area contributed by atoms with Crippen LogP contribution in [0.1, 0.15) is 88.0 Å². The van der Waals surface area contributed by atoms with Crippen LogP contribution in [0.4, 0.5) is 0 Å². The topological polar surface area (TPSA) is 27.7 Å². The molecule has 1 fully saturated rings. The maximum absolute atomic E-state index is 4.98. The lowest BCUT2D eigenvalue weighted by Gasteiger charge is -2.00. The zero-order chi connectivity index (χ0) is 22.0. The van der Waals surface area contributed by atoms with Crippen molar-refractivity contribution in [1.82, 2.24) is 0 Å². The molecule has 0 spiro atoms. The van der Waals surface area contributed by atoms with Crippen molar-refractivity contribution in [2.45, 2.75) is 88.0 Å². The molecule has 0 radical (unpaired) electrons. The molecule has 0 aromatic heterocycles. The lowest BCUT2D eigenvalue weighted by molar-refractivity contribution is 0.158. The molecule has 3 heterocycles. The van der Waals surface area contributed by atoms with Crippen LogP contribution >= 0.6 is 0 Å². The van der Waals surface area contributed by atoms with Gasteiger partial charge < -0.3 is 14.2 Å². The highest BCUT2D eigenvalue weighted by Crippen LogP contribution is 1.98. The highest BCUT2D eigenvalue weighted by Gasteiger charge is 1.94. The lowest BCUT2D eigenvalue weighted by atomic mass is 10.3. The third-order valence-corrected chi connectivity index (χ3v) is 2.23. The second kappa shape index (κ2) is 28.4. The van der Waals surface area contributed by atoms with Gasteiger partial charge in [-0.15, -0.1) is 0 Å². The molecule has 0 saturated carbocycles. The molecule has 0 atom stereocenters. The van der Waals surface area contributed by atoms with Crippen molar-refractivity contribution in [3.8, 4) is 0 Å². The van der Waals surface area contributed by atoms with Crippen LogP contribution in [-0.2, 0) is 14.2 Å². The maximum atomic E-state index is 4.98. The molecule has 0 aromatic rings. The van der Waals surface area contributed by atoms with Gasteiger partial charge in [-0.3, -0.25) is 0 Å². The van der Waals surface area contributed by atoms with Crippen molar-refractivity contribution in [1.29, 1.82) is 0 Å². The van der Waals surface area contributed by atoms with Crippen LogP contribution in [0.15, 0.2) is 24.5 Å². The highest BCUT2D eigenvalue weighted by molar-refractivity contribution is 4.84. The van der Waals surface area contributed by atoms with Gasteiger partial charge in [0.2, 0.25) is 0 Å². The predicted octanol–water partition coefficient (Wildman–Crippen LogP) is 7.67. The summed E-state index contributed by atoms with van der Waals surface area (Å²) in [5, 5.41) is 0. The third-order valence-electron chi connectivity index (χ3n) is 2.23. The fourth-order valence-corrected chi connectivity index (χ4v) is 1.34. The lowest BCUT2D eigenvalue weighted by Crippen LogP contribution is -1.96. The summed E-state index contributed by atoms with van der Waals surface area (Å²) in [6, 6.07) is 0. The maximum Gasteiger partial charge on any atom is 0.0908 e. The summed E-state index contributed by atoms with van der Waals surface area (Å²) in [5.74, 6) is 2.50. The highest BCUT2D eigenvalue weighted by atomic mass is 16.5. The third kappa shape index (κ3) is 63.9. The SMILES string of the molecule is C1=CCOCC1.C1=COCC1.C1CCOC1.CC(C)C.CC(C)C.CC(C)C. The van der Waals surface area contributed by atoms with Gasteiger partial charge in [0.1, 0.15) is 0 Å². The number of hydrogen-bond donors (Lipinski definition) is 0. The van der Waals surface area contributed by atoms with Gasteiger partial charge in [0.15, 0.2) is 0 Å². The Bertz CT molecular complexity index is 259. The van der Waals surface area contributed by atoms with Crippen molar-refractivity contribution in [3.05, 3.63) is 24.5 Å². The molecule has 1 saturated heterocycles. The van der Waals surface area contributed by atoms with Crippen molar-refractivity contribution in [2.24, 2.45) is 17.8 Å². The van der Waals surface area contributed by atoms with Gasteiger partial charge in [0, 0.05) is 19.6 Å². The Labute approximate surface area is 177 Å². The summed E-state index contributed by atoms with van der Waals surface area (Å²) in [4.78, 5) is 0. The number of ether oxygens (including phenoxy) is 3. The van der Waals surface area contributed by atoms with Crippen molar-refractivity contribution < 1.29 is 14.2 Å². The van der Waals surface area contributed by atoms with Crippen LogP contribution < -0.4 is 0 Å². The number of hydrogen-bond acceptors (Lipinski definition) is 3. The van der Waals surface area contributed by atoms with E-state index in [-0.39, 0.29) is 0 Å². The normalized spacial score (nSPS) is 16.1. The van der Waals surface area contributed by atoms with Gasteiger partial charge in [-0.1, -0.05) is 74.5 Å². The van der Waals surface area contributed by atoms with Gasteiger partial charge in [-0.2, -0.15) is 0 Å². The van der Waals surface area contributed by atoms with Gasteiger partial charge in [0.25, 0.3) is 0 Å². The molecule has 170 valence electrons. The van der Waals surface area contributed by atoms with Crippen LogP contribution in [0.5, 0.6) is 0 Å². The second-order valence-corrected chi connectivity index (χ2v) is 8.88. The summed E-state index contributed by atoms with van der Waals surface area (Å²) >= 11 is 0. The van der Waals surface area contributed by atoms with E-state index in [1.807, 2.05) is 12.2 Å². The molecule has 3 nitrogen and oxygen atoms in total. The Balaban J connectivity index is -0.000000271. The summed E-state index contributed by atoms with van der Waals surface area (Å²) < 4.78 is 14.7. The van der Waals surface area contributed by atoms with E-state index in [9.17, 15) is 0 Å². The minimum Gasteiger partial charge on any atom is -0.501 e. The van der Waals surface area contributed by atoms with E-state index in [4.69, 9.17) is 14.2 Å². The molecule has 0 amide bonds. The van der Waals surface area contributed by atoms with Crippen LogP contribution in [0.2, 0.25) is 0 Å². The summed E-state index contributed by atoms with van der Waals surface area (Å²) in [6.45, 7) is 24.1. The first kappa shape index (κ1) is 31.9. The zero-order valence-corrected chi connectivity index (χ0v) is 20.6. The molecular weight excluding hydrogens is 348 g/mol. The molecule has 0 bridgehead atoms. The first-order valence-electron chi connectivity index (χ1n) is 11.3. The summed E-state index contributed by atoms with van der Waals surface area (Å²) in [7, 11) is 0. The molecule has 3 rings (SSSR count). The second-order valence-electron chi connectivity index (χ2n) is 8.88. The van der Waals surface area contributed by atoms with E-state index in [0.717, 1.165) is 63.6 Å². The summed E-state index contributed by atoms with van der Waals surface area (Å²) in [5.41, 5.74) is 0. The molecule has 0 aromatic carbocycles. The molecule has 0 aliphatic carbocycles. The predicted molar refractivity (Wildman–Crippen MR) is 126 cm³/mol. The molecule has 3 aliphatic rings. The average Bonchev–Trinajstić information content (AvgIpc) is 3.34. The van der Waals surface area contributed by atoms with E-state index in [1.54, 1.807) is 6.26 Å². The van der Waals surface area contributed by atoms with Gasteiger partial charge in [-0.05, 0) is 43.1 Å². The van der Waals surface area contributed by atoms with E-state index < -0.39 is 0 Å². The largest absolute Gasteiger partial charge is 0.501 e. The first-order valence-corrected chi connectivity index (χ1v) is 11.3. The molecule has 3 aliphatic heterocycles. The Hall–Kier alpha value is -0.800. The quantitative estimate of drug-likeness (QED) is 0.390. The Kier molecular flexibility index (Phi) is 32.3. The van der Waals surface area contributed by atoms with Crippen LogP contribution in [0.3, 0.4) is 0 Å². The van der Waals surface area contributed by atoms with Gasteiger partial charge in [0.05, 0.1) is 26.1 Å². The molecular formula is C25H52O3. The minimum atomic E-state index is 0.819. The molecule has 28 heavy (non-hydrogen) atoms. The average molecular weight is 401 g/mol. The van der Waals surface area contributed by atoms with Gasteiger partial charge >= 0.3 is 0 Å². The monoisotopic (exact) mass is 400 g/mol. The summed E-state index contributed by atoms with van der Waals surface area (Å²) in [6.07, 6.45) is 12.7. The smallest absolute Gasteiger partial charge is 0.0908 e. The Morgan fingerprint density at radius 3 is 1.11 bits per heavy atom. The van der Waals surface area contributed by atoms with Crippen molar-refractivity contribution in [3.63, 3.8) is 0 Å².